The molecule has 3 heterocycles. The Balaban J connectivity index is 1.45. The van der Waals surface area contributed by atoms with Crippen LogP contribution in [-0.4, -0.2) is 53.4 Å². The Morgan fingerprint density at radius 3 is 2.83 bits per heavy atom. The van der Waals surface area contributed by atoms with Crippen molar-refractivity contribution in [1.29, 1.82) is 5.26 Å². The Bertz CT molecular complexity index is 1260. The zero-order chi connectivity index (χ0) is 24.9. The molecule has 0 spiro atoms. The standard InChI is InChI=1S/C24H27N5O5S/c1-14-15(2)29(12-17-6-5-9-33-17)22(19(14)11-25)26-21(30)13-35-24-28-27-23(34-24)18-8-7-16(31-3)10-20(18)32-4/h7-8,10,17H,5-6,9,12-13H2,1-4H3,(H,26,30). The van der Waals surface area contributed by atoms with Crippen LogP contribution in [0.2, 0.25) is 0 Å². The number of rotatable bonds is 9. The van der Waals surface area contributed by atoms with Crippen LogP contribution in [0.15, 0.2) is 27.8 Å². The van der Waals surface area contributed by atoms with E-state index in [1.54, 1.807) is 32.4 Å². The van der Waals surface area contributed by atoms with Crippen molar-refractivity contribution in [1.82, 2.24) is 14.8 Å². The molecule has 1 atom stereocenters. The number of amides is 1. The summed E-state index contributed by atoms with van der Waals surface area (Å²) in [7, 11) is 3.12. The Hall–Kier alpha value is -3.49. The highest BCUT2D eigenvalue weighted by Gasteiger charge is 2.24. The molecule has 3 aromatic rings. The first-order chi connectivity index (χ1) is 16.9. The van der Waals surface area contributed by atoms with E-state index in [9.17, 15) is 10.1 Å². The summed E-state index contributed by atoms with van der Waals surface area (Å²) >= 11 is 1.11. The monoisotopic (exact) mass is 497 g/mol. The molecule has 0 aliphatic carbocycles. The Labute approximate surface area is 207 Å². The van der Waals surface area contributed by atoms with E-state index >= 15 is 0 Å². The number of methoxy groups -OCH3 is 2. The maximum Gasteiger partial charge on any atom is 0.277 e. The second kappa shape index (κ2) is 10.8. The van der Waals surface area contributed by atoms with Crippen LogP contribution in [0.25, 0.3) is 11.5 Å². The minimum atomic E-state index is -0.278. The van der Waals surface area contributed by atoms with E-state index in [1.807, 2.05) is 18.4 Å². The molecule has 1 fully saturated rings. The number of aromatic nitrogens is 3. The fourth-order valence-corrected chi connectivity index (χ4v) is 4.56. The molecule has 10 nitrogen and oxygen atoms in total. The van der Waals surface area contributed by atoms with E-state index in [0.29, 0.717) is 35.0 Å². The van der Waals surface area contributed by atoms with E-state index in [0.717, 1.165) is 42.5 Å². The Morgan fingerprint density at radius 2 is 2.14 bits per heavy atom. The summed E-state index contributed by atoms with van der Waals surface area (Å²) in [6.45, 7) is 5.16. The normalized spacial score (nSPS) is 15.1. The lowest BCUT2D eigenvalue weighted by atomic mass is 10.2. The maximum absolute atomic E-state index is 12.8. The van der Waals surface area contributed by atoms with Gasteiger partial charge in [-0.15, -0.1) is 10.2 Å². The van der Waals surface area contributed by atoms with Crippen LogP contribution in [-0.2, 0) is 16.1 Å². The van der Waals surface area contributed by atoms with Crippen LogP contribution in [0.1, 0.15) is 29.7 Å². The number of ether oxygens (including phenoxy) is 3. The van der Waals surface area contributed by atoms with Gasteiger partial charge in [0.1, 0.15) is 23.4 Å². The quantitative estimate of drug-likeness (QED) is 0.437. The van der Waals surface area contributed by atoms with Gasteiger partial charge in [-0.3, -0.25) is 4.79 Å². The molecule has 35 heavy (non-hydrogen) atoms. The number of carbonyl (C=O) groups is 1. The Morgan fingerprint density at radius 1 is 1.31 bits per heavy atom. The van der Waals surface area contributed by atoms with Crippen molar-refractivity contribution in [3.8, 4) is 29.0 Å². The maximum atomic E-state index is 12.8. The van der Waals surface area contributed by atoms with Crippen LogP contribution < -0.4 is 14.8 Å². The molecule has 0 bridgehead atoms. The van der Waals surface area contributed by atoms with Gasteiger partial charge in [0.15, 0.2) is 0 Å². The number of hydrogen-bond acceptors (Lipinski definition) is 9. The van der Waals surface area contributed by atoms with Crippen LogP contribution in [0.3, 0.4) is 0 Å². The molecule has 0 saturated carbocycles. The van der Waals surface area contributed by atoms with Crippen LogP contribution >= 0.6 is 11.8 Å². The van der Waals surface area contributed by atoms with Crippen molar-refractivity contribution in [2.75, 3.05) is 31.9 Å². The summed E-state index contributed by atoms with van der Waals surface area (Å²) in [6, 6.07) is 7.48. The highest BCUT2D eigenvalue weighted by Crippen LogP contribution is 2.34. The Kier molecular flexibility index (Phi) is 7.63. The average Bonchev–Trinajstić information content (AvgIpc) is 3.61. The molecule has 1 N–H and O–H groups in total. The zero-order valence-corrected chi connectivity index (χ0v) is 20.9. The highest BCUT2D eigenvalue weighted by atomic mass is 32.2. The van der Waals surface area contributed by atoms with Gasteiger partial charge in [0.25, 0.3) is 11.1 Å². The van der Waals surface area contributed by atoms with Crippen molar-refractivity contribution < 1.29 is 23.4 Å². The van der Waals surface area contributed by atoms with Crippen molar-refractivity contribution in [3.63, 3.8) is 0 Å². The number of nitrogens with zero attached hydrogens (tertiary/aromatic N) is 4. The van der Waals surface area contributed by atoms with Gasteiger partial charge < -0.3 is 28.5 Å². The summed E-state index contributed by atoms with van der Waals surface area (Å²) in [6.07, 6.45) is 2.05. The lowest BCUT2D eigenvalue weighted by Gasteiger charge is -2.16. The molecule has 1 aliphatic rings. The molecule has 1 aliphatic heterocycles. The number of nitrogens with one attached hydrogen (secondary N) is 1. The molecule has 1 saturated heterocycles. The molecule has 2 aromatic heterocycles. The summed E-state index contributed by atoms with van der Waals surface area (Å²) in [5.74, 6) is 1.70. The molecule has 184 valence electrons. The van der Waals surface area contributed by atoms with Gasteiger partial charge in [-0.05, 0) is 44.4 Å². The molecule has 0 radical (unpaired) electrons. The minimum absolute atomic E-state index is 0.0372. The molecule has 1 unspecified atom stereocenters. The summed E-state index contributed by atoms with van der Waals surface area (Å²) in [4.78, 5) is 12.8. The van der Waals surface area contributed by atoms with E-state index in [-0.39, 0.29) is 28.9 Å². The van der Waals surface area contributed by atoms with Crippen LogP contribution in [0, 0.1) is 25.2 Å². The predicted octanol–water partition coefficient (Wildman–Crippen LogP) is 3.95. The van der Waals surface area contributed by atoms with Gasteiger partial charge in [-0.1, -0.05) is 11.8 Å². The number of benzene rings is 1. The fraction of sp³-hybridized carbons (Fsp3) is 0.417. The largest absolute Gasteiger partial charge is 0.497 e. The van der Waals surface area contributed by atoms with E-state index in [4.69, 9.17) is 18.6 Å². The van der Waals surface area contributed by atoms with Gasteiger partial charge in [0, 0.05) is 18.4 Å². The molecular weight excluding hydrogens is 470 g/mol. The van der Waals surface area contributed by atoms with Gasteiger partial charge in [-0.25, -0.2) is 0 Å². The topological polar surface area (TPSA) is 124 Å². The van der Waals surface area contributed by atoms with Crippen LogP contribution in [0.4, 0.5) is 5.82 Å². The number of hydrogen-bond donors (Lipinski definition) is 1. The van der Waals surface area contributed by atoms with Gasteiger partial charge >= 0.3 is 0 Å². The fourth-order valence-electron chi connectivity index (χ4n) is 4.00. The predicted molar refractivity (Wildman–Crippen MR) is 130 cm³/mol. The second-order valence-corrected chi connectivity index (χ2v) is 8.99. The minimum Gasteiger partial charge on any atom is -0.497 e. The van der Waals surface area contributed by atoms with Gasteiger partial charge in [0.2, 0.25) is 5.91 Å². The number of carbonyl (C=O) groups excluding carboxylic acids is 1. The van der Waals surface area contributed by atoms with E-state index in [1.165, 1.54) is 0 Å². The molecular formula is C24H27N5O5S. The SMILES string of the molecule is COc1ccc(-c2nnc(SCC(=O)Nc3c(C#N)c(C)c(C)n3CC3CCCO3)o2)c(OC)c1. The van der Waals surface area contributed by atoms with Crippen molar-refractivity contribution >= 4 is 23.5 Å². The third-order valence-corrected chi connectivity index (χ3v) is 6.80. The number of thioether (sulfide) groups is 1. The average molecular weight is 498 g/mol. The molecule has 1 aromatic carbocycles. The molecule has 11 heteroatoms. The molecule has 1 amide bonds. The highest BCUT2D eigenvalue weighted by molar-refractivity contribution is 7.99. The van der Waals surface area contributed by atoms with Crippen molar-refractivity contribution in [2.24, 2.45) is 0 Å². The first-order valence-corrected chi connectivity index (χ1v) is 12.1. The lowest BCUT2D eigenvalue weighted by molar-refractivity contribution is -0.113. The van der Waals surface area contributed by atoms with E-state index in [2.05, 4.69) is 21.6 Å². The van der Waals surface area contributed by atoms with Gasteiger partial charge in [-0.2, -0.15) is 5.26 Å². The van der Waals surface area contributed by atoms with Crippen molar-refractivity contribution in [3.05, 3.63) is 35.0 Å². The first-order valence-electron chi connectivity index (χ1n) is 11.1. The number of nitriles is 1. The second-order valence-electron chi connectivity index (χ2n) is 8.07. The zero-order valence-electron chi connectivity index (χ0n) is 20.1. The summed E-state index contributed by atoms with van der Waals surface area (Å²) in [5.41, 5.74) is 2.87. The smallest absolute Gasteiger partial charge is 0.277 e. The van der Waals surface area contributed by atoms with Gasteiger partial charge in [0.05, 0.1) is 43.7 Å². The summed E-state index contributed by atoms with van der Waals surface area (Å²) < 4.78 is 24.1. The first kappa shape index (κ1) is 24.6. The number of anilines is 1. The molecule has 4 rings (SSSR count). The van der Waals surface area contributed by atoms with Crippen molar-refractivity contribution in [2.45, 2.75) is 44.6 Å². The third-order valence-electron chi connectivity index (χ3n) is 5.98. The van der Waals surface area contributed by atoms with Crippen LogP contribution in [0.5, 0.6) is 11.5 Å². The summed E-state index contributed by atoms with van der Waals surface area (Å²) in [5, 5.41) is 21.0. The lowest BCUT2D eigenvalue weighted by Crippen LogP contribution is -2.22. The van der Waals surface area contributed by atoms with E-state index < -0.39 is 0 Å². The third kappa shape index (κ3) is 5.28.